The van der Waals surface area contributed by atoms with Crippen LogP contribution in [-0.2, 0) is 0 Å². The average Bonchev–Trinajstić information content (AvgIpc) is 2.53. The minimum Gasteiger partial charge on any atom is -0.477 e. The van der Waals surface area contributed by atoms with E-state index in [2.05, 4.69) is 30.7 Å². The van der Waals surface area contributed by atoms with Crippen LogP contribution in [0.1, 0.15) is 44.9 Å². The van der Waals surface area contributed by atoms with Gasteiger partial charge in [-0.1, -0.05) is 20.8 Å². The molecule has 0 N–H and O–H groups in total. The SMILES string of the molecule is Cc1cc(-c2ccnc(C(F)F)c2)cnc1OC[C@@H](C)CC(C)C. The van der Waals surface area contributed by atoms with E-state index in [0.29, 0.717) is 29.9 Å². The molecule has 130 valence electrons. The first-order valence-corrected chi connectivity index (χ1v) is 8.20. The topological polar surface area (TPSA) is 35.0 Å². The van der Waals surface area contributed by atoms with Crippen LogP contribution in [0.2, 0.25) is 0 Å². The third-order valence-corrected chi connectivity index (χ3v) is 3.75. The van der Waals surface area contributed by atoms with Crippen LogP contribution in [0, 0.1) is 18.8 Å². The molecule has 2 aromatic rings. The summed E-state index contributed by atoms with van der Waals surface area (Å²) in [5.74, 6) is 1.69. The molecule has 2 rings (SSSR count). The second-order valence-electron chi connectivity index (χ2n) is 6.66. The van der Waals surface area contributed by atoms with Crippen LogP contribution in [0.4, 0.5) is 8.78 Å². The van der Waals surface area contributed by atoms with Crippen LogP contribution >= 0.6 is 0 Å². The molecule has 0 amide bonds. The molecule has 2 heterocycles. The third kappa shape index (κ3) is 4.98. The van der Waals surface area contributed by atoms with E-state index in [-0.39, 0.29) is 5.69 Å². The Morgan fingerprint density at radius 1 is 1.08 bits per heavy atom. The minimum absolute atomic E-state index is 0.229. The van der Waals surface area contributed by atoms with E-state index in [1.807, 2.05) is 13.0 Å². The zero-order chi connectivity index (χ0) is 17.7. The smallest absolute Gasteiger partial charge is 0.280 e. The number of hydrogen-bond donors (Lipinski definition) is 0. The van der Waals surface area contributed by atoms with E-state index in [1.165, 1.54) is 12.3 Å². The lowest BCUT2D eigenvalue weighted by atomic mass is 10.00. The van der Waals surface area contributed by atoms with Gasteiger partial charge in [0.1, 0.15) is 5.69 Å². The van der Waals surface area contributed by atoms with Crippen molar-refractivity contribution in [3.63, 3.8) is 0 Å². The number of halogens is 2. The molecule has 0 unspecified atom stereocenters. The molecule has 3 nitrogen and oxygen atoms in total. The Labute approximate surface area is 142 Å². The molecule has 0 radical (unpaired) electrons. The zero-order valence-corrected chi connectivity index (χ0v) is 14.6. The van der Waals surface area contributed by atoms with Crippen LogP contribution < -0.4 is 4.74 Å². The highest BCUT2D eigenvalue weighted by Crippen LogP contribution is 2.27. The lowest BCUT2D eigenvalue weighted by molar-refractivity contribution is 0.146. The summed E-state index contributed by atoms with van der Waals surface area (Å²) in [5, 5.41) is 0. The van der Waals surface area contributed by atoms with Gasteiger partial charge in [-0.25, -0.2) is 13.8 Å². The quantitative estimate of drug-likeness (QED) is 0.675. The van der Waals surface area contributed by atoms with E-state index in [0.717, 1.165) is 17.5 Å². The number of aryl methyl sites for hydroxylation is 1. The first kappa shape index (κ1) is 18.3. The van der Waals surface area contributed by atoms with Gasteiger partial charge in [0.05, 0.1) is 6.61 Å². The van der Waals surface area contributed by atoms with Gasteiger partial charge >= 0.3 is 0 Å². The zero-order valence-electron chi connectivity index (χ0n) is 14.6. The van der Waals surface area contributed by atoms with E-state index in [9.17, 15) is 8.78 Å². The maximum atomic E-state index is 12.8. The van der Waals surface area contributed by atoms with Gasteiger partial charge < -0.3 is 4.74 Å². The normalized spacial score (nSPS) is 12.7. The summed E-state index contributed by atoms with van der Waals surface area (Å²) in [6.45, 7) is 9.07. The van der Waals surface area contributed by atoms with E-state index in [4.69, 9.17) is 4.74 Å². The number of alkyl halides is 2. The molecule has 0 aliphatic rings. The second-order valence-corrected chi connectivity index (χ2v) is 6.66. The number of hydrogen-bond acceptors (Lipinski definition) is 3. The number of nitrogens with zero attached hydrogens (tertiary/aromatic N) is 2. The Balaban J connectivity index is 2.11. The first-order chi connectivity index (χ1) is 11.4. The van der Waals surface area contributed by atoms with E-state index < -0.39 is 6.43 Å². The molecular formula is C19H24F2N2O. The predicted molar refractivity (Wildman–Crippen MR) is 91.3 cm³/mol. The Bertz CT molecular complexity index is 674. The molecule has 0 aliphatic heterocycles. The van der Waals surface area contributed by atoms with Crippen LogP contribution in [0.3, 0.4) is 0 Å². The molecule has 0 saturated heterocycles. The Hall–Kier alpha value is -2.04. The number of ether oxygens (including phenoxy) is 1. The van der Waals surface area contributed by atoms with Crippen LogP contribution in [0.5, 0.6) is 5.88 Å². The Kier molecular flexibility index (Phi) is 6.23. The molecule has 2 aromatic heterocycles. The Morgan fingerprint density at radius 2 is 1.83 bits per heavy atom. The predicted octanol–water partition coefficient (Wildman–Crippen LogP) is 5.45. The van der Waals surface area contributed by atoms with Gasteiger partial charge in [0, 0.05) is 23.5 Å². The van der Waals surface area contributed by atoms with Crippen molar-refractivity contribution in [1.29, 1.82) is 0 Å². The van der Waals surface area contributed by atoms with Crippen molar-refractivity contribution in [1.82, 2.24) is 9.97 Å². The molecule has 0 saturated carbocycles. The van der Waals surface area contributed by atoms with Crippen LogP contribution in [-0.4, -0.2) is 16.6 Å². The molecule has 1 atom stereocenters. The Morgan fingerprint density at radius 3 is 2.46 bits per heavy atom. The summed E-state index contributed by atoms with van der Waals surface area (Å²) in [4.78, 5) is 8.03. The molecular weight excluding hydrogens is 310 g/mol. The van der Waals surface area contributed by atoms with E-state index >= 15 is 0 Å². The van der Waals surface area contributed by atoms with Crippen molar-refractivity contribution in [2.75, 3.05) is 6.61 Å². The fourth-order valence-electron chi connectivity index (χ4n) is 2.71. The first-order valence-electron chi connectivity index (χ1n) is 8.20. The highest BCUT2D eigenvalue weighted by Gasteiger charge is 2.12. The summed E-state index contributed by atoms with van der Waals surface area (Å²) >= 11 is 0. The summed E-state index contributed by atoms with van der Waals surface area (Å²) in [7, 11) is 0. The lowest BCUT2D eigenvalue weighted by Gasteiger charge is -2.16. The van der Waals surface area contributed by atoms with Crippen LogP contribution in [0.15, 0.2) is 30.6 Å². The van der Waals surface area contributed by atoms with Crippen molar-refractivity contribution in [3.8, 4) is 17.0 Å². The summed E-state index contributed by atoms with van der Waals surface area (Å²) in [6.07, 6.45) is 1.57. The van der Waals surface area contributed by atoms with Gasteiger partial charge in [-0.3, -0.25) is 4.98 Å². The van der Waals surface area contributed by atoms with Gasteiger partial charge in [-0.05, 0) is 48.9 Å². The van der Waals surface area contributed by atoms with Crippen molar-refractivity contribution in [2.24, 2.45) is 11.8 Å². The second kappa shape index (κ2) is 8.18. The lowest BCUT2D eigenvalue weighted by Crippen LogP contribution is -2.12. The fraction of sp³-hybridized carbons (Fsp3) is 0.474. The standard InChI is InChI=1S/C19H24F2N2O/c1-12(2)7-13(3)11-24-19-14(4)8-16(10-23-19)15-5-6-22-17(9-15)18(20)21/h5-6,8-10,12-13,18H,7,11H2,1-4H3/t13-/m0/s1. The van der Waals surface area contributed by atoms with Crippen molar-refractivity contribution in [2.45, 2.75) is 40.5 Å². The molecule has 24 heavy (non-hydrogen) atoms. The highest BCUT2D eigenvalue weighted by atomic mass is 19.3. The highest BCUT2D eigenvalue weighted by molar-refractivity contribution is 5.64. The molecule has 5 heteroatoms. The number of pyridine rings is 2. The summed E-state index contributed by atoms with van der Waals surface area (Å²) in [5.41, 5.74) is 2.11. The monoisotopic (exact) mass is 334 g/mol. The van der Waals surface area contributed by atoms with Gasteiger partial charge in [0.15, 0.2) is 0 Å². The maximum Gasteiger partial charge on any atom is 0.280 e. The largest absolute Gasteiger partial charge is 0.477 e. The third-order valence-electron chi connectivity index (χ3n) is 3.75. The molecule has 0 spiro atoms. The summed E-state index contributed by atoms with van der Waals surface area (Å²) in [6, 6.07) is 5.00. The van der Waals surface area contributed by atoms with Gasteiger partial charge in [0.2, 0.25) is 5.88 Å². The van der Waals surface area contributed by atoms with Crippen molar-refractivity contribution < 1.29 is 13.5 Å². The number of aromatic nitrogens is 2. The fourth-order valence-corrected chi connectivity index (χ4v) is 2.71. The number of rotatable bonds is 7. The van der Waals surface area contributed by atoms with Crippen molar-refractivity contribution in [3.05, 3.63) is 41.9 Å². The van der Waals surface area contributed by atoms with Gasteiger partial charge in [-0.2, -0.15) is 0 Å². The van der Waals surface area contributed by atoms with Crippen LogP contribution in [0.25, 0.3) is 11.1 Å². The van der Waals surface area contributed by atoms with Gasteiger partial charge in [-0.15, -0.1) is 0 Å². The average molecular weight is 334 g/mol. The molecule has 0 fully saturated rings. The van der Waals surface area contributed by atoms with Gasteiger partial charge in [0.25, 0.3) is 6.43 Å². The molecule has 0 bridgehead atoms. The summed E-state index contributed by atoms with van der Waals surface area (Å²) < 4.78 is 31.4. The molecule has 0 aromatic carbocycles. The molecule has 0 aliphatic carbocycles. The van der Waals surface area contributed by atoms with E-state index in [1.54, 1.807) is 12.3 Å². The minimum atomic E-state index is -2.58. The maximum absolute atomic E-state index is 12.8. The van der Waals surface area contributed by atoms with Crippen molar-refractivity contribution >= 4 is 0 Å².